The molecule has 112 valence electrons. The standard InChI is InChI=1S/C16H18FNO3/c1-21-16(20)11-3-6-13-5-2-10-8-12(17)4-7-14(10)15(19)18(13)9-11/h2,4-5,7-8,11,13,16,20H,3,6,9H2,1H3. The minimum atomic E-state index is -0.862. The molecule has 2 aliphatic heterocycles. The summed E-state index contributed by atoms with van der Waals surface area (Å²) in [5.74, 6) is -0.558. The van der Waals surface area contributed by atoms with Crippen molar-refractivity contribution in [2.24, 2.45) is 5.92 Å². The number of aliphatic hydroxyl groups is 1. The molecule has 1 saturated heterocycles. The molecular weight excluding hydrogens is 273 g/mol. The topological polar surface area (TPSA) is 49.8 Å². The Labute approximate surface area is 122 Å². The Kier molecular flexibility index (Phi) is 3.78. The number of amides is 1. The van der Waals surface area contributed by atoms with Gasteiger partial charge in [-0.15, -0.1) is 0 Å². The van der Waals surface area contributed by atoms with Gasteiger partial charge in [0, 0.05) is 25.1 Å². The summed E-state index contributed by atoms with van der Waals surface area (Å²) in [6.45, 7) is 0.444. The molecule has 0 spiro atoms. The number of fused-ring (bicyclic) bond motifs is 2. The lowest BCUT2D eigenvalue weighted by molar-refractivity contribution is -0.125. The molecule has 3 rings (SSSR count). The van der Waals surface area contributed by atoms with E-state index in [2.05, 4.69) is 0 Å². The second-order valence-corrected chi connectivity index (χ2v) is 5.58. The number of carbonyl (C=O) groups excluding carboxylic acids is 1. The van der Waals surface area contributed by atoms with Crippen molar-refractivity contribution in [2.75, 3.05) is 13.7 Å². The number of rotatable bonds is 2. The molecule has 21 heavy (non-hydrogen) atoms. The predicted molar refractivity (Wildman–Crippen MR) is 76.0 cm³/mol. The lowest BCUT2D eigenvalue weighted by Crippen LogP contribution is -2.48. The molecule has 0 radical (unpaired) electrons. The smallest absolute Gasteiger partial charge is 0.254 e. The second-order valence-electron chi connectivity index (χ2n) is 5.58. The van der Waals surface area contributed by atoms with Crippen LogP contribution in [0.15, 0.2) is 24.3 Å². The van der Waals surface area contributed by atoms with Gasteiger partial charge >= 0.3 is 0 Å². The van der Waals surface area contributed by atoms with Gasteiger partial charge in [0.25, 0.3) is 5.91 Å². The highest BCUT2D eigenvalue weighted by molar-refractivity contribution is 5.99. The van der Waals surface area contributed by atoms with Gasteiger partial charge < -0.3 is 14.7 Å². The Morgan fingerprint density at radius 2 is 2.24 bits per heavy atom. The molecule has 4 nitrogen and oxygen atoms in total. The summed E-state index contributed by atoms with van der Waals surface area (Å²) in [5, 5.41) is 9.83. The van der Waals surface area contributed by atoms with Crippen molar-refractivity contribution in [2.45, 2.75) is 25.2 Å². The van der Waals surface area contributed by atoms with Gasteiger partial charge in [-0.05, 0) is 36.6 Å². The van der Waals surface area contributed by atoms with Gasteiger partial charge in [0.15, 0.2) is 6.29 Å². The molecule has 1 amide bonds. The van der Waals surface area contributed by atoms with Crippen molar-refractivity contribution in [1.29, 1.82) is 0 Å². The first-order valence-corrected chi connectivity index (χ1v) is 7.09. The Bertz CT molecular complexity index is 587. The highest BCUT2D eigenvalue weighted by Gasteiger charge is 2.35. The number of methoxy groups -OCH3 is 1. The van der Waals surface area contributed by atoms with Crippen molar-refractivity contribution >= 4 is 12.0 Å². The second kappa shape index (κ2) is 5.58. The number of carbonyl (C=O) groups is 1. The van der Waals surface area contributed by atoms with Crippen LogP contribution in [0.5, 0.6) is 0 Å². The monoisotopic (exact) mass is 291 g/mol. The minimum Gasteiger partial charge on any atom is -0.368 e. The van der Waals surface area contributed by atoms with E-state index in [9.17, 15) is 14.3 Å². The van der Waals surface area contributed by atoms with Crippen molar-refractivity contribution in [1.82, 2.24) is 4.90 Å². The van der Waals surface area contributed by atoms with Crippen LogP contribution in [0.4, 0.5) is 4.39 Å². The molecule has 1 fully saturated rings. The van der Waals surface area contributed by atoms with E-state index in [1.54, 1.807) is 4.90 Å². The summed E-state index contributed by atoms with van der Waals surface area (Å²) in [6, 6.07) is 4.20. The fourth-order valence-electron chi connectivity index (χ4n) is 3.11. The van der Waals surface area contributed by atoms with Crippen LogP contribution in [0, 0.1) is 11.7 Å². The molecule has 3 unspecified atom stereocenters. The molecule has 1 aromatic carbocycles. The third-order valence-corrected chi connectivity index (χ3v) is 4.31. The summed E-state index contributed by atoms with van der Waals surface area (Å²) in [7, 11) is 1.46. The molecule has 1 aromatic rings. The van der Waals surface area contributed by atoms with E-state index in [-0.39, 0.29) is 23.7 Å². The lowest BCUT2D eigenvalue weighted by Gasteiger charge is -2.39. The lowest BCUT2D eigenvalue weighted by atomic mass is 9.92. The number of aliphatic hydroxyl groups excluding tert-OH is 1. The van der Waals surface area contributed by atoms with E-state index in [0.717, 1.165) is 12.8 Å². The molecule has 1 N–H and O–H groups in total. The first-order valence-electron chi connectivity index (χ1n) is 7.09. The Balaban J connectivity index is 1.91. The maximum Gasteiger partial charge on any atom is 0.254 e. The fourth-order valence-corrected chi connectivity index (χ4v) is 3.11. The number of nitrogens with zero attached hydrogens (tertiary/aromatic N) is 1. The van der Waals surface area contributed by atoms with Crippen LogP contribution in [-0.2, 0) is 4.74 Å². The number of halogens is 1. The minimum absolute atomic E-state index is 0.00623. The van der Waals surface area contributed by atoms with Gasteiger partial charge in [-0.3, -0.25) is 4.79 Å². The number of hydrogen-bond acceptors (Lipinski definition) is 3. The normalized spacial score (nSPS) is 26.0. The van der Waals surface area contributed by atoms with Gasteiger partial charge in [-0.25, -0.2) is 4.39 Å². The first kappa shape index (κ1) is 14.2. The third kappa shape index (κ3) is 2.59. The summed E-state index contributed by atoms with van der Waals surface area (Å²) in [6.07, 6.45) is 4.45. The zero-order chi connectivity index (χ0) is 15.0. The van der Waals surface area contributed by atoms with Crippen LogP contribution in [0.25, 0.3) is 6.08 Å². The average Bonchev–Trinajstić information content (AvgIpc) is 2.63. The van der Waals surface area contributed by atoms with E-state index in [0.29, 0.717) is 17.7 Å². The molecule has 0 saturated carbocycles. The van der Waals surface area contributed by atoms with Gasteiger partial charge in [0.05, 0.1) is 6.04 Å². The Hall–Kier alpha value is -1.72. The van der Waals surface area contributed by atoms with Crippen LogP contribution in [0.1, 0.15) is 28.8 Å². The molecule has 2 heterocycles. The molecule has 3 atom stereocenters. The maximum absolute atomic E-state index is 13.3. The highest BCUT2D eigenvalue weighted by atomic mass is 19.1. The number of hydrogen-bond donors (Lipinski definition) is 1. The van der Waals surface area contributed by atoms with Crippen molar-refractivity contribution in [3.8, 4) is 0 Å². The molecular formula is C16H18FNO3. The summed E-state index contributed by atoms with van der Waals surface area (Å²) in [4.78, 5) is 14.4. The first-order chi connectivity index (χ1) is 10.1. The van der Waals surface area contributed by atoms with E-state index in [1.165, 1.54) is 25.3 Å². The molecule has 0 bridgehead atoms. The van der Waals surface area contributed by atoms with Gasteiger partial charge in [0.2, 0.25) is 0 Å². The van der Waals surface area contributed by atoms with E-state index in [4.69, 9.17) is 4.74 Å². The zero-order valence-electron chi connectivity index (χ0n) is 11.8. The number of benzene rings is 1. The summed E-state index contributed by atoms with van der Waals surface area (Å²) in [5.41, 5.74) is 1.11. The van der Waals surface area contributed by atoms with Crippen LogP contribution < -0.4 is 0 Å². The molecule has 5 heteroatoms. The average molecular weight is 291 g/mol. The van der Waals surface area contributed by atoms with Gasteiger partial charge in [-0.1, -0.05) is 12.2 Å². The quantitative estimate of drug-likeness (QED) is 0.848. The molecule has 0 aromatic heterocycles. The molecule has 0 aliphatic carbocycles. The third-order valence-electron chi connectivity index (χ3n) is 4.31. The van der Waals surface area contributed by atoms with Crippen molar-refractivity contribution in [3.05, 3.63) is 41.2 Å². The van der Waals surface area contributed by atoms with Crippen molar-refractivity contribution in [3.63, 3.8) is 0 Å². The summed E-state index contributed by atoms with van der Waals surface area (Å²) < 4.78 is 18.3. The van der Waals surface area contributed by atoms with Gasteiger partial charge in [0.1, 0.15) is 5.82 Å². The van der Waals surface area contributed by atoms with E-state index < -0.39 is 6.29 Å². The van der Waals surface area contributed by atoms with Crippen LogP contribution in [0.3, 0.4) is 0 Å². The SMILES string of the molecule is COC(O)C1CCC2C=Cc3cc(F)ccc3C(=O)N2C1. The maximum atomic E-state index is 13.3. The number of ether oxygens (including phenoxy) is 1. The van der Waals surface area contributed by atoms with Crippen molar-refractivity contribution < 1.29 is 19.0 Å². The van der Waals surface area contributed by atoms with Crippen LogP contribution >= 0.6 is 0 Å². The van der Waals surface area contributed by atoms with E-state index >= 15 is 0 Å². The summed E-state index contributed by atoms with van der Waals surface area (Å²) >= 11 is 0. The van der Waals surface area contributed by atoms with E-state index in [1.807, 2.05) is 12.2 Å². The number of piperidine rings is 1. The predicted octanol–water partition coefficient (Wildman–Crippen LogP) is 2.04. The fraction of sp³-hybridized carbons (Fsp3) is 0.438. The Morgan fingerprint density at radius 1 is 1.43 bits per heavy atom. The van der Waals surface area contributed by atoms with Gasteiger partial charge in [-0.2, -0.15) is 0 Å². The Morgan fingerprint density at radius 3 is 3.00 bits per heavy atom. The molecule has 2 aliphatic rings. The van der Waals surface area contributed by atoms with Crippen LogP contribution in [-0.4, -0.2) is 41.9 Å². The largest absolute Gasteiger partial charge is 0.368 e. The van der Waals surface area contributed by atoms with Crippen LogP contribution in [0.2, 0.25) is 0 Å². The highest BCUT2D eigenvalue weighted by Crippen LogP contribution is 2.30. The zero-order valence-corrected chi connectivity index (χ0v) is 11.8.